The van der Waals surface area contributed by atoms with E-state index in [4.69, 9.17) is 0 Å². The van der Waals surface area contributed by atoms with Gasteiger partial charge in [-0.2, -0.15) is 0 Å². The molecule has 0 aliphatic rings. The maximum atomic E-state index is 13.6. The van der Waals surface area contributed by atoms with Gasteiger partial charge in [-0.3, -0.25) is 4.79 Å². The molecule has 17 heavy (non-hydrogen) atoms. The molecule has 0 radical (unpaired) electrons. The Labute approximate surface area is 101 Å². The molecule has 0 heterocycles. The van der Waals surface area contributed by atoms with Crippen molar-refractivity contribution in [1.29, 1.82) is 0 Å². The molecule has 3 nitrogen and oxygen atoms in total. The van der Waals surface area contributed by atoms with Gasteiger partial charge < -0.3 is 10.4 Å². The molecule has 0 fully saturated rings. The third-order valence-corrected chi connectivity index (χ3v) is 2.83. The Morgan fingerprint density at radius 2 is 2.18 bits per heavy atom. The van der Waals surface area contributed by atoms with Crippen LogP contribution in [0.15, 0.2) is 18.2 Å². The maximum Gasteiger partial charge on any atom is 0.254 e. The Hall–Kier alpha value is -1.42. The lowest BCUT2D eigenvalue weighted by Crippen LogP contribution is -2.40. The lowest BCUT2D eigenvalue weighted by Gasteiger charge is -2.21. The minimum absolute atomic E-state index is 0.0110. The van der Waals surface area contributed by atoms with Crippen molar-refractivity contribution in [2.45, 2.75) is 32.8 Å². The molecule has 4 heteroatoms. The molecule has 1 aromatic rings. The van der Waals surface area contributed by atoms with E-state index in [1.54, 1.807) is 26.0 Å². The van der Waals surface area contributed by atoms with Crippen molar-refractivity contribution < 1.29 is 14.3 Å². The molecule has 0 aromatic heterocycles. The second-order valence-corrected chi connectivity index (χ2v) is 4.47. The van der Waals surface area contributed by atoms with Crippen LogP contribution in [0.2, 0.25) is 0 Å². The van der Waals surface area contributed by atoms with Gasteiger partial charge in [0.1, 0.15) is 5.82 Å². The highest BCUT2D eigenvalue weighted by molar-refractivity contribution is 5.94. The number of rotatable bonds is 4. The van der Waals surface area contributed by atoms with E-state index in [-0.39, 0.29) is 12.1 Å². The fourth-order valence-electron chi connectivity index (χ4n) is 1.31. The number of amides is 1. The van der Waals surface area contributed by atoms with Gasteiger partial charge in [-0.15, -0.1) is 0 Å². The van der Waals surface area contributed by atoms with Gasteiger partial charge >= 0.3 is 0 Å². The van der Waals surface area contributed by atoms with Crippen LogP contribution in [0.3, 0.4) is 0 Å². The predicted octanol–water partition coefficient (Wildman–Crippen LogP) is 2.02. The van der Waals surface area contributed by atoms with Gasteiger partial charge in [-0.05, 0) is 31.9 Å². The highest BCUT2D eigenvalue weighted by Gasteiger charge is 2.20. The lowest BCUT2D eigenvalue weighted by atomic mass is 10.0. The van der Waals surface area contributed by atoms with Gasteiger partial charge in [-0.1, -0.05) is 19.1 Å². The molecule has 2 N–H and O–H groups in total. The van der Waals surface area contributed by atoms with Crippen LogP contribution in [-0.2, 0) is 0 Å². The first kappa shape index (κ1) is 13.6. The summed E-state index contributed by atoms with van der Waals surface area (Å²) in [6, 6.07) is 4.66. The highest BCUT2D eigenvalue weighted by atomic mass is 19.1. The fraction of sp³-hybridized carbons (Fsp3) is 0.462. The zero-order chi connectivity index (χ0) is 13.1. The van der Waals surface area contributed by atoms with Crippen LogP contribution in [0, 0.1) is 12.7 Å². The van der Waals surface area contributed by atoms with Gasteiger partial charge in [-0.25, -0.2) is 4.39 Å². The average molecular weight is 239 g/mol. The first-order valence-corrected chi connectivity index (χ1v) is 5.63. The van der Waals surface area contributed by atoms with E-state index >= 15 is 0 Å². The number of aliphatic hydroxyl groups is 1. The molecule has 1 aromatic carbocycles. The first-order chi connectivity index (χ1) is 7.87. The van der Waals surface area contributed by atoms with Crippen LogP contribution in [0.5, 0.6) is 0 Å². The van der Waals surface area contributed by atoms with Crippen molar-refractivity contribution in [3.8, 4) is 0 Å². The zero-order valence-corrected chi connectivity index (χ0v) is 10.4. The molecule has 0 spiro atoms. The third-order valence-electron chi connectivity index (χ3n) is 2.83. The van der Waals surface area contributed by atoms with E-state index in [1.807, 2.05) is 6.92 Å². The number of halogens is 1. The Morgan fingerprint density at radius 1 is 1.53 bits per heavy atom. The smallest absolute Gasteiger partial charge is 0.254 e. The van der Waals surface area contributed by atoms with E-state index in [2.05, 4.69) is 5.32 Å². The topological polar surface area (TPSA) is 49.3 Å². The van der Waals surface area contributed by atoms with Gasteiger partial charge in [0, 0.05) is 6.54 Å². The fourth-order valence-corrected chi connectivity index (χ4v) is 1.31. The number of benzene rings is 1. The summed E-state index contributed by atoms with van der Waals surface area (Å²) in [5.41, 5.74) is -0.521. The van der Waals surface area contributed by atoms with Crippen molar-refractivity contribution in [1.82, 2.24) is 5.32 Å². The van der Waals surface area contributed by atoms with Crippen LogP contribution in [0.1, 0.15) is 36.2 Å². The summed E-state index contributed by atoms with van der Waals surface area (Å²) in [5, 5.41) is 12.3. The Morgan fingerprint density at radius 3 is 2.76 bits per heavy atom. The van der Waals surface area contributed by atoms with Crippen LogP contribution in [-0.4, -0.2) is 23.2 Å². The Kier molecular flexibility index (Phi) is 4.23. The van der Waals surface area contributed by atoms with Crippen molar-refractivity contribution in [2.75, 3.05) is 6.54 Å². The molecule has 0 aliphatic heterocycles. The van der Waals surface area contributed by atoms with Crippen LogP contribution in [0.4, 0.5) is 4.39 Å². The first-order valence-electron chi connectivity index (χ1n) is 5.63. The van der Waals surface area contributed by atoms with Crippen molar-refractivity contribution >= 4 is 5.91 Å². The summed E-state index contributed by atoms with van der Waals surface area (Å²) in [6.07, 6.45) is 0.517. The molecule has 1 unspecified atom stereocenters. The van der Waals surface area contributed by atoms with E-state index in [1.165, 1.54) is 6.07 Å². The molecule has 1 rings (SSSR count). The summed E-state index contributed by atoms with van der Waals surface area (Å²) in [6.45, 7) is 5.16. The average Bonchev–Trinajstić information content (AvgIpc) is 2.30. The number of carbonyl (C=O) groups excluding carboxylic acids is 1. The molecule has 1 atom stereocenters. The number of carbonyl (C=O) groups is 1. The minimum atomic E-state index is -0.962. The van der Waals surface area contributed by atoms with Crippen molar-refractivity contribution in [3.63, 3.8) is 0 Å². The second-order valence-electron chi connectivity index (χ2n) is 4.47. The largest absolute Gasteiger partial charge is 0.388 e. The van der Waals surface area contributed by atoms with E-state index in [0.29, 0.717) is 12.0 Å². The molecule has 1 amide bonds. The molecular weight excluding hydrogens is 221 g/mol. The maximum absolute atomic E-state index is 13.6. The molecular formula is C13H18FNO2. The zero-order valence-electron chi connectivity index (χ0n) is 10.4. The number of aryl methyl sites for hydroxylation is 1. The van der Waals surface area contributed by atoms with Gasteiger partial charge in [0.2, 0.25) is 0 Å². The normalized spacial score (nSPS) is 14.2. The molecule has 0 bridgehead atoms. The van der Waals surface area contributed by atoms with Crippen molar-refractivity contribution in [3.05, 3.63) is 35.1 Å². The molecule has 0 aliphatic carbocycles. The monoisotopic (exact) mass is 239 g/mol. The molecule has 0 saturated heterocycles. The van der Waals surface area contributed by atoms with Gasteiger partial charge in [0.15, 0.2) is 0 Å². The standard InChI is InChI=1S/C13H18FNO2/c1-4-13(3,17)8-15-12(16)10-7-5-6-9(2)11(10)14/h5-7,17H,4,8H2,1-3H3,(H,15,16). The summed E-state index contributed by atoms with van der Waals surface area (Å²) < 4.78 is 13.6. The summed E-state index contributed by atoms with van der Waals surface area (Å²) in [5.74, 6) is -1.01. The number of nitrogens with one attached hydrogen (secondary N) is 1. The lowest BCUT2D eigenvalue weighted by molar-refractivity contribution is 0.0517. The third kappa shape index (κ3) is 3.53. The van der Waals surface area contributed by atoms with Gasteiger partial charge in [0.25, 0.3) is 5.91 Å². The van der Waals surface area contributed by atoms with E-state index in [0.717, 1.165) is 0 Å². The Bertz CT molecular complexity index is 416. The van der Waals surface area contributed by atoms with E-state index in [9.17, 15) is 14.3 Å². The summed E-state index contributed by atoms with van der Waals surface area (Å²) in [7, 11) is 0. The Balaban J connectivity index is 2.74. The van der Waals surface area contributed by atoms with Gasteiger partial charge in [0.05, 0.1) is 11.2 Å². The number of hydrogen-bond donors (Lipinski definition) is 2. The predicted molar refractivity (Wildman–Crippen MR) is 64.4 cm³/mol. The minimum Gasteiger partial charge on any atom is -0.388 e. The summed E-state index contributed by atoms with van der Waals surface area (Å²) in [4.78, 5) is 11.7. The van der Waals surface area contributed by atoms with Crippen LogP contribution < -0.4 is 5.32 Å². The second kappa shape index (κ2) is 5.27. The SMILES string of the molecule is CCC(C)(O)CNC(=O)c1cccc(C)c1F. The molecule has 94 valence electrons. The summed E-state index contributed by atoms with van der Waals surface area (Å²) >= 11 is 0. The van der Waals surface area contributed by atoms with Crippen molar-refractivity contribution in [2.24, 2.45) is 0 Å². The van der Waals surface area contributed by atoms with E-state index < -0.39 is 17.3 Å². The molecule has 0 saturated carbocycles. The van der Waals surface area contributed by atoms with Crippen LogP contribution >= 0.6 is 0 Å². The quantitative estimate of drug-likeness (QED) is 0.844. The van der Waals surface area contributed by atoms with Crippen LogP contribution in [0.25, 0.3) is 0 Å². The highest BCUT2D eigenvalue weighted by Crippen LogP contribution is 2.12. The number of hydrogen-bond acceptors (Lipinski definition) is 2.